The average Bonchev–Trinajstić information content (AvgIpc) is 3.06. The van der Waals surface area contributed by atoms with Crippen LogP contribution in [0.3, 0.4) is 0 Å². The monoisotopic (exact) mass is 450 g/mol. The lowest BCUT2D eigenvalue weighted by Gasteiger charge is -2.26. The molecule has 0 bridgehead atoms. The maximum Gasteiger partial charge on any atom is 0.243 e. The van der Waals surface area contributed by atoms with E-state index in [-0.39, 0.29) is 17.7 Å². The van der Waals surface area contributed by atoms with Gasteiger partial charge in [-0.3, -0.25) is 19.7 Å². The molecule has 27 heavy (non-hydrogen) atoms. The van der Waals surface area contributed by atoms with Crippen molar-refractivity contribution in [3.05, 3.63) is 58.6 Å². The van der Waals surface area contributed by atoms with E-state index < -0.39 is 5.91 Å². The Labute approximate surface area is 170 Å². The SMILES string of the molecule is O=C(CCCOc1ccccc1N1C(=O)CSC1c1cccc(Br)c1)NO. The number of halogens is 1. The number of nitrogens with one attached hydrogen (secondary N) is 1. The van der Waals surface area contributed by atoms with Crippen LogP contribution in [0.15, 0.2) is 53.0 Å². The number of amides is 2. The smallest absolute Gasteiger partial charge is 0.243 e. The van der Waals surface area contributed by atoms with Crippen LogP contribution in [0.5, 0.6) is 5.75 Å². The lowest BCUT2D eigenvalue weighted by atomic mass is 10.2. The molecular weight excluding hydrogens is 432 g/mol. The molecule has 0 radical (unpaired) electrons. The van der Waals surface area contributed by atoms with E-state index in [1.807, 2.05) is 48.5 Å². The number of thioether (sulfide) groups is 1. The molecule has 3 rings (SSSR count). The highest BCUT2D eigenvalue weighted by atomic mass is 79.9. The third-order valence-electron chi connectivity index (χ3n) is 4.06. The highest BCUT2D eigenvalue weighted by molar-refractivity contribution is 9.10. The zero-order chi connectivity index (χ0) is 19.2. The third kappa shape index (κ3) is 4.82. The summed E-state index contributed by atoms with van der Waals surface area (Å²) in [6.45, 7) is 0.307. The number of nitrogens with zero attached hydrogens (tertiary/aromatic N) is 1. The van der Waals surface area contributed by atoms with E-state index in [4.69, 9.17) is 9.94 Å². The summed E-state index contributed by atoms with van der Waals surface area (Å²) in [4.78, 5) is 25.5. The van der Waals surface area contributed by atoms with Crippen molar-refractivity contribution < 1.29 is 19.5 Å². The molecule has 2 aromatic rings. The number of hydrogen-bond donors (Lipinski definition) is 2. The predicted molar refractivity (Wildman–Crippen MR) is 108 cm³/mol. The number of rotatable bonds is 7. The van der Waals surface area contributed by atoms with Crippen molar-refractivity contribution >= 4 is 45.2 Å². The first-order chi connectivity index (χ1) is 13.1. The van der Waals surface area contributed by atoms with Crippen LogP contribution >= 0.6 is 27.7 Å². The van der Waals surface area contributed by atoms with Gasteiger partial charge < -0.3 is 4.74 Å². The molecule has 0 saturated carbocycles. The molecular formula is C19H19BrN2O4S. The van der Waals surface area contributed by atoms with E-state index in [1.54, 1.807) is 22.1 Å². The fraction of sp³-hybridized carbons (Fsp3) is 0.263. The fourth-order valence-electron chi connectivity index (χ4n) is 2.84. The number of anilines is 1. The summed E-state index contributed by atoms with van der Waals surface area (Å²) in [5.74, 6) is 0.577. The zero-order valence-electron chi connectivity index (χ0n) is 14.4. The number of ether oxygens (including phenoxy) is 1. The van der Waals surface area contributed by atoms with Crippen LogP contribution in [-0.4, -0.2) is 29.4 Å². The molecule has 2 amide bonds. The second-order valence-corrected chi connectivity index (χ2v) is 7.92. The molecule has 1 fully saturated rings. The quantitative estimate of drug-likeness (QED) is 0.380. The molecule has 1 atom stereocenters. The van der Waals surface area contributed by atoms with Gasteiger partial charge in [-0.05, 0) is 36.2 Å². The minimum Gasteiger partial charge on any atom is -0.491 e. The van der Waals surface area contributed by atoms with Crippen molar-refractivity contribution in [2.75, 3.05) is 17.3 Å². The molecule has 1 unspecified atom stereocenters. The Balaban J connectivity index is 1.79. The standard InChI is InChI=1S/C19H19BrN2O4S/c20-14-6-3-5-13(11-14)19-22(18(24)12-27-19)15-7-1-2-8-16(15)26-10-4-9-17(23)21-25/h1-3,5-8,11,19,25H,4,9-10,12H2,(H,21,23). The highest BCUT2D eigenvalue weighted by Gasteiger charge is 2.35. The Morgan fingerprint density at radius 2 is 2.11 bits per heavy atom. The number of carbonyl (C=O) groups is 2. The largest absolute Gasteiger partial charge is 0.491 e. The number of hydroxylamine groups is 1. The second kappa shape index (κ2) is 9.25. The Kier molecular flexibility index (Phi) is 6.76. The number of benzene rings is 2. The first-order valence-corrected chi connectivity index (χ1v) is 10.3. The molecule has 1 aliphatic heterocycles. The molecule has 0 aromatic heterocycles. The summed E-state index contributed by atoms with van der Waals surface area (Å²) in [5.41, 5.74) is 3.35. The first-order valence-electron chi connectivity index (χ1n) is 8.44. The van der Waals surface area contributed by atoms with E-state index in [1.165, 1.54) is 0 Å². The summed E-state index contributed by atoms with van der Waals surface area (Å²) in [5, 5.41) is 8.41. The van der Waals surface area contributed by atoms with Gasteiger partial charge in [0.15, 0.2) is 0 Å². The molecule has 6 nitrogen and oxygen atoms in total. The Morgan fingerprint density at radius 3 is 2.89 bits per heavy atom. The van der Waals surface area contributed by atoms with Gasteiger partial charge in [0.05, 0.1) is 18.0 Å². The van der Waals surface area contributed by atoms with Crippen molar-refractivity contribution in [2.45, 2.75) is 18.2 Å². The van der Waals surface area contributed by atoms with Crippen LogP contribution in [0.2, 0.25) is 0 Å². The molecule has 0 aliphatic carbocycles. The number of para-hydroxylation sites is 2. The van der Waals surface area contributed by atoms with E-state index in [2.05, 4.69) is 15.9 Å². The Bertz CT molecular complexity index is 833. The van der Waals surface area contributed by atoms with Gasteiger partial charge in [-0.25, -0.2) is 5.48 Å². The van der Waals surface area contributed by atoms with Crippen molar-refractivity contribution in [1.82, 2.24) is 5.48 Å². The molecule has 142 valence electrons. The molecule has 0 spiro atoms. The maximum absolute atomic E-state index is 12.6. The van der Waals surface area contributed by atoms with Crippen molar-refractivity contribution in [2.24, 2.45) is 0 Å². The summed E-state index contributed by atoms with van der Waals surface area (Å²) >= 11 is 5.07. The summed E-state index contributed by atoms with van der Waals surface area (Å²) < 4.78 is 6.79. The molecule has 1 saturated heterocycles. The van der Waals surface area contributed by atoms with Crippen molar-refractivity contribution in [3.8, 4) is 5.75 Å². The molecule has 2 N–H and O–H groups in total. The fourth-order valence-corrected chi connectivity index (χ4v) is 4.42. The highest BCUT2D eigenvalue weighted by Crippen LogP contribution is 2.45. The summed E-state index contributed by atoms with van der Waals surface area (Å²) in [6, 6.07) is 15.3. The molecule has 8 heteroatoms. The molecule has 1 heterocycles. The molecule has 1 aliphatic rings. The van der Waals surface area contributed by atoms with Gasteiger partial charge >= 0.3 is 0 Å². The zero-order valence-corrected chi connectivity index (χ0v) is 16.8. The first kappa shape index (κ1) is 19.7. The van der Waals surface area contributed by atoms with Crippen molar-refractivity contribution in [3.63, 3.8) is 0 Å². The van der Waals surface area contributed by atoms with Crippen LogP contribution in [0.1, 0.15) is 23.8 Å². The summed E-state index contributed by atoms with van der Waals surface area (Å²) in [6.07, 6.45) is 0.621. The second-order valence-electron chi connectivity index (χ2n) is 5.94. The van der Waals surface area contributed by atoms with E-state index in [9.17, 15) is 9.59 Å². The summed E-state index contributed by atoms with van der Waals surface area (Å²) in [7, 11) is 0. The van der Waals surface area contributed by atoms with Crippen LogP contribution < -0.4 is 15.1 Å². The van der Waals surface area contributed by atoms with Gasteiger partial charge in [0.1, 0.15) is 11.1 Å². The van der Waals surface area contributed by atoms with Crippen LogP contribution in [0.4, 0.5) is 5.69 Å². The minimum atomic E-state index is -0.451. The number of hydrogen-bond acceptors (Lipinski definition) is 5. The van der Waals surface area contributed by atoms with Gasteiger partial charge in [0.25, 0.3) is 0 Å². The normalized spacial score (nSPS) is 16.4. The maximum atomic E-state index is 12.6. The predicted octanol–water partition coefficient (Wildman–Crippen LogP) is 3.89. The molecule has 2 aromatic carbocycles. The minimum absolute atomic E-state index is 0.0284. The van der Waals surface area contributed by atoms with Crippen LogP contribution in [0.25, 0.3) is 0 Å². The van der Waals surface area contributed by atoms with Gasteiger partial charge in [-0.2, -0.15) is 0 Å². The van der Waals surface area contributed by atoms with Crippen LogP contribution in [-0.2, 0) is 9.59 Å². The number of carbonyl (C=O) groups excluding carboxylic acids is 2. The lowest BCUT2D eigenvalue weighted by Crippen LogP contribution is -2.28. The van der Waals surface area contributed by atoms with E-state index >= 15 is 0 Å². The van der Waals surface area contributed by atoms with Crippen LogP contribution in [0, 0.1) is 0 Å². The van der Waals surface area contributed by atoms with Gasteiger partial charge in [-0.1, -0.05) is 40.2 Å². The Hall–Kier alpha value is -2.03. The topological polar surface area (TPSA) is 78.9 Å². The van der Waals surface area contributed by atoms with Gasteiger partial charge in [-0.15, -0.1) is 11.8 Å². The van der Waals surface area contributed by atoms with Gasteiger partial charge in [0.2, 0.25) is 11.8 Å². The lowest BCUT2D eigenvalue weighted by molar-refractivity contribution is -0.129. The Morgan fingerprint density at radius 1 is 1.30 bits per heavy atom. The third-order valence-corrected chi connectivity index (χ3v) is 5.76. The van der Waals surface area contributed by atoms with Gasteiger partial charge in [0, 0.05) is 10.9 Å². The van der Waals surface area contributed by atoms with E-state index in [0.29, 0.717) is 30.2 Å². The van der Waals surface area contributed by atoms with Crippen molar-refractivity contribution in [1.29, 1.82) is 0 Å². The van der Waals surface area contributed by atoms with E-state index in [0.717, 1.165) is 10.0 Å². The average molecular weight is 451 g/mol.